The van der Waals surface area contributed by atoms with Crippen molar-refractivity contribution in [2.24, 2.45) is 0 Å². The van der Waals surface area contributed by atoms with E-state index in [1.165, 1.54) is 23.6 Å². The van der Waals surface area contributed by atoms with Gasteiger partial charge in [0.2, 0.25) is 11.8 Å². The number of oxazole rings is 1. The number of aryl methyl sites for hydroxylation is 1. The number of rotatable bonds is 5. The first kappa shape index (κ1) is 17.4. The van der Waals surface area contributed by atoms with Gasteiger partial charge in [-0.2, -0.15) is 0 Å². The van der Waals surface area contributed by atoms with Crippen LogP contribution in [-0.4, -0.2) is 16.4 Å². The van der Waals surface area contributed by atoms with Crippen LogP contribution >= 0.6 is 0 Å². The second-order valence-corrected chi connectivity index (χ2v) is 5.66. The molecule has 0 aliphatic rings. The molecular formula is C18H16FN3O4. The van der Waals surface area contributed by atoms with Crippen LogP contribution in [0.1, 0.15) is 13.3 Å². The van der Waals surface area contributed by atoms with Crippen molar-refractivity contribution in [3.8, 4) is 0 Å². The molecule has 1 aromatic heterocycles. The predicted octanol–water partition coefficient (Wildman–Crippen LogP) is 2.72. The van der Waals surface area contributed by atoms with Crippen LogP contribution in [0.3, 0.4) is 0 Å². The first-order valence-corrected chi connectivity index (χ1v) is 7.89. The third-order valence-electron chi connectivity index (χ3n) is 3.70. The minimum absolute atomic E-state index is 0.0484. The molecule has 134 valence electrons. The van der Waals surface area contributed by atoms with E-state index in [2.05, 4.69) is 10.6 Å². The smallest absolute Gasteiger partial charge is 0.408 e. The Morgan fingerprint density at radius 2 is 1.92 bits per heavy atom. The van der Waals surface area contributed by atoms with Crippen molar-refractivity contribution in [2.45, 2.75) is 19.9 Å². The van der Waals surface area contributed by atoms with Gasteiger partial charge in [0.25, 0.3) is 0 Å². The zero-order valence-electron chi connectivity index (χ0n) is 13.9. The van der Waals surface area contributed by atoms with Crippen LogP contribution in [0.25, 0.3) is 11.1 Å². The van der Waals surface area contributed by atoms with Crippen molar-refractivity contribution in [2.75, 3.05) is 10.6 Å². The maximum atomic E-state index is 13.9. The Bertz CT molecular complexity index is 1040. The molecule has 2 amide bonds. The lowest BCUT2D eigenvalue weighted by Gasteiger charge is -2.09. The Labute approximate surface area is 147 Å². The average Bonchev–Trinajstić information content (AvgIpc) is 2.91. The number of aromatic nitrogens is 1. The molecule has 0 aliphatic heterocycles. The van der Waals surface area contributed by atoms with Gasteiger partial charge < -0.3 is 15.1 Å². The summed E-state index contributed by atoms with van der Waals surface area (Å²) in [5.41, 5.74) is 1.34. The Morgan fingerprint density at radius 3 is 2.69 bits per heavy atom. The number of carbonyl (C=O) groups excluding carboxylic acids is 2. The summed E-state index contributed by atoms with van der Waals surface area (Å²) in [6.45, 7) is 1.42. The van der Waals surface area contributed by atoms with Crippen molar-refractivity contribution in [3.05, 3.63) is 58.8 Å². The molecule has 3 rings (SSSR count). The summed E-state index contributed by atoms with van der Waals surface area (Å²) in [6, 6.07) is 10.8. The van der Waals surface area contributed by atoms with Crippen LogP contribution in [0.15, 0.2) is 51.7 Å². The molecule has 0 aliphatic carbocycles. The second kappa shape index (κ2) is 7.22. The van der Waals surface area contributed by atoms with E-state index in [-0.39, 0.29) is 24.6 Å². The maximum Gasteiger partial charge on any atom is 0.419 e. The van der Waals surface area contributed by atoms with E-state index in [0.29, 0.717) is 16.8 Å². The monoisotopic (exact) mass is 357 g/mol. The zero-order chi connectivity index (χ0) is 18.7. The molecule has 0 saturated carbocycles. The third-order valence-corrected chi connectivity index (χ3v) is 3.70. The number of anilines is 2. The highest BCUT2D eigenvalue weighted by molar-refractivity contribution is 5.93. The van der Waals surface area contributed by atoms with Crippen LogP contribution < -0.4 is 16.4 Å². The second-order valence-electron chi connectivity index (χ2n) is 5.66. The fourth-order valence-electron chi connectivity index (χ4n) is 2.55. The zero-order valence-corrected chi connectivity index (χ0v) is 13.9. The van der Waals surface area contributed by atoms with Gasteiger partial charge in [0, 0.05) is 25.6 Å². The average molecular weight is 357 g/mol. The van der Waals surface area contributed by atoms with Crippen LogP contribution in [0, 0.1) is 5.82 Å². The molecule has 3 aromatic rings. The molecule has 7 nitrogen and oxygen atoms in total. The minimum atomic E-state index is -0.627. The van der Waals surface area contributed by atoms with Gasteiger partial charge in [-0.3, -0.25) is 14.2 Å². The topological polar surface area (TPSA) is 93.3 Å². The highest BCUT2D eigenvalue weighted by Gasteiger charge is 2.12. The molecular weight excluding hydrogens is 341 g/mol. The number of carbonyl (C=O) groups is 2. The van der Waals surface area contributed by atoms with E-state index >= 15 is 0 Å². The summed E-state index contributed by atoms with van der Waals surface area (Å²) in [5.74, 6) is -1.96. The van der Waals surface area contributed by atoms with E-state index in [0.717, 1.165) is 6.07 Å². The van der Waals surface area contributed by atoms with Gasteiger partial charge in [-0.05, 0) is 30.3 Å². The highest BCUT2D eigenvalue weighted by Crippen LogP contribution is 2.20. The van der Waals surface area contributed by atoms with E-state index < -0.39 is 17.5 Å². The SMILES string of the molecule is CC(=O)Nc1ccc(F)c(NC(=O)CCn2c(=O)oc3ccccc32)c1. The number of para-hydroxylation sites is 2. The first-order chi connectivity index (χ1) is 12.4. The lowest BCUT2D eigenvalue weighted by molar-refractivity contribution is -0.116. The van der Waals surface area contributed by atoms with Gasteiger partial charge in [-0.25, -0.2) is 9.18 Å². The molecule has 0 radical (unpaired) electrons. The van der Waals surface area contributed by atoms with E-state index in [4.69, 9.17) is 4.42 Å². The van der Waals surface area contributed by atoms with Gasteiger partial charge in [0.1, 0.15) is 5.82 Å². The molecule has 0 fully saturated rings. The van der Waals surface area contributed by atoms with Gasteiger partial charge in [-0.1, -0.05) is 12.1 Å². The summed E-state index contributed by atoms with van der Waals surface area (Å²) in [4.78, 5) is 35.1. The number of hydrogen-bond acceptors (Lipinski definition) is 4. The highest BCUT2D eigenvalue weighted by atomic mass is 19.1. The quantitative estimate of drug-likeness (QED) is 0.734. The normalized spacial score (nSPS) is 10.7. The van der Waals surface area contributed by atoms with Crippen molar-refractivity contribution in [3.63, 3.8) is 0 Å². The summed E-state index contributed by atoms with van der Waals surface area (Å²) in [7, 11) is 0. The molecule has 0 saturated heterocycles. The molecule has 0 unspecified atom stereocenters. The van der Waals surface area contributed by atoms with Gasteiger partial charge in [0.05, 0.1) is 11.2 Å². The van der Waals surface area contributed by atoms with Crippen molar-refractivity contribution in [1.82, 2.24) is 4.57 Å². The Hall–Kier alpha value is -3.42. The van der Waals surface area contributed by atoms with Gasteiger partial charge in [-0.15, -0.1) is 0 Å². The predicted molar refractivity (Wildman–Crippen MR) is 94.4 cm³/mol. The Balaban J connectivity index is 1.70. The lowest BCUT2D eigenvalue weighted by Crippen LogP contribution is -2.20. The number of halogens is 1. The summed E-state index contributed by atoms with van der Waals surface area (Å²) in [6.07, 6.45) is -0.0484. The number of hydrogen-bond donors (Lipinski definition) is 2. The number of fused-ring (bicyclic) bond motifs is 1. The van der Waals surface area contributed by atoms with E-state index in [1.54, 1.807) is 24.3 Å². The molecule has 0 bridgehead atoms. The molecule has 2 N–H and O–H groups in total. The number of amides is 2. The summed E-state index contributed by atoms with van der Waals surface area (Å²) < 4.78 is 20.3. The van der Waals surface area contributed by atoms with Crippen LogP contribution in [0.4, 0.5) is 15.8 Å². The third kappa shape index (κ3) is 3.80. The van der Waals surface area contributed by atoms with Crippen molar-refractivity contribution >= 4 is 34.3 Å². The number of nitrogens with one attached hydrogen (secondary N) is 2. The first-order valence-electron chi connectivity index (χ1n) is 7.89. The largest absolute Gasteiger partial charge is 0.419 e. The van der Waals surface area contributed by atoms with Gasteiger partial charge >= 0.3 is 5.76 Å². The van der Waals surface area contributed by atoms with E-state index in [9.17, 15) is 18.8 Å². The Kier molecular flexibility index (Phi) is 4.83. The van der Waals surface area contributed by atoms with Gasteiger partial charge in [0.15, 0.2) is 5.58 Å². The van der Waals surface area contributed by atoms with Crippen LogP contribution in [0.5, 0.6) is 0 Å². The number of nitrogens with zero attached hydrogens (tertiary/aromatic N) is 1. The molecule has 0 spiro atoms. The molecule has 0 atom stereocenters. The standard InChI is InChI=1S/C18H16FN3O4/c1-11(23)20-12-6-7-13(19)14(10-12)21-17(24)8-9-22-15-4-2-3-5-16(15)26-18(22)25/h2-7,10H,8-9H2,1H3,(H,20,23)(H,21,24). The van der Waals surface area contributed by atoms with Crippen molar-refractivity contribution in [1.29, 1.82) is 0 Å². The maximum absolute atomic E-state index is 13.9. The van der Waals surface area contributed by atoms with Crippen LogP contribution in [0.2, 0.25) is 0 Å². The van der Waals surface area contributed by atoms with E-state index in [1.807, 2.05) is 0 Å². The summed E-state index contributed by atoms with van der Waals surface area (Å²) >= 11 is 0. The minimum Gasteiger partial charge on any atom is -0.408 e. The Morgan fingerprint density at radius 1 is 1.15 bits per heavy atom. The molecule has 26 heavy (non-hydrogen) atoms. The lowest BCUT2D eigenvalue weighted by atomic mass is 10.2. The van der Waals surface area contributed by atoms with Crippen LogP contribution in [-0.2, 0) is 16.1 Å². The molecule has 2 aromatic carbocycles. The van der Waals surface area contributed by atoms with Crippen molar-refractivity contribution < 1.29 is 18.4 Å². The molecule has 8 heteroatoms. The molecule has 1 heterocycles. The fraction of sp³-hybridized carbons (Fsp3) is 0.167. The number of benzene rings is 2. The fourth-order valence-corrected chi connectivity index (χ4v) is 2.55. The summed E-state index contributed by atoms with van der Waals surface area (Å²) in [5, 5.41) is 4.96.